The van der Waals surface area contributed by atoms with Crippen LogP contribution in [0.1, 0.15) is 24.3 Å². The lowest BCUT2D eigenvalue weighted by Gasteiger charge is -2.38. The van der Waals surface area contributed by atoms with Gasteiger partial charge in [0.1, 0.15) is 17.2 Å². The Balaban J connectivity index is 1.67. The zero-order valence-electron chi connectivity index (χ0n) is 13.8. The number of hydrogen-bond donors (Lipinski definition) is 1. The third kappa shape index (κ3) is 4.04. The fourth-order valence-electron chi connectivity index (χ4n) is 2.68. The molecule has 2 aromatic rings. The van der Waals surface area contributed by atoms with Gasteiger partial charge in [-0.25, -0.2) is 4.98 Å². The molecular formula is C18H20ClN3O2. The molecule has 1 N–H and O–H groups in total. The van der Waals surface area contributed by atoms with Crippen molar-refractivity contribution in [1.82, 2.24) is 15.2 Å². The molecular weight excluding hydrogens is 326 g/mol. The van der Waals surface area contributed by atoms with Crippen LogP contribution in [0.3, 0.4) is 0 Å². The van der Waals surface area contributed by atoms with Crippen molar-refractivity contribution in [2.75, 3.05) is 19.6 Å². The summed E-state index contributed by atoms with van der Waals surface area (Å²) in [5.74, 6) is 1.20. The van der Waals surface area contributed by atoms with Gasteiger partial charge in [-0.3, -0.25) is 4.79 Å². The predicted octanol–water partition coefficient (Wildman–Crippen LogP) is 3.35. The molecule has 5 nitrogen and oxygen atoms in total. The number of carbonyl (C=O) groups excluding carboxylic acids is 1. The first-order valence-corrected chi connectivity index (χ1v) is 8.25. The highest BCUT2D eigenvalue weighted by atomic mass is 35.5. The van der Waals surface area contributed by atoms with Crippen molar-refractivity contribution in [3.63, 3.8) is 0 Å². The highest BCUT2D eigenvalue weighted by Crippen LogP contribution is 2.23. The van der Waals surface area contributed by atoms with E-state index in [0.717, 1.165) is 6.54 Å². The smallest absolute Gasteiger partial charge is 0.272 e. The first-order chi connectivity index (χ1) is 11.4. The van der Waals surface area contributed by atoms with Crippen LogP contribution in [0.4, 0.5) is 0 Å². The largest absolute Gasteiger partial charge is 0.456 e. The molecule has 6 heteroatoms. The Bertz CT molecular complexity index is 714. The molecule has 1 fully saturated rings. The molecule has 1 aliphatic heterocycles. The zero-order chi connectivity index (χ0) is 17.2. The summed E-state index contributed by atoms with van der Waals surface area (Å²) in [7, 11) is 0. The van der Waals surface area contributed by atoms with Crippen LogP contribution in [-0.4, -0.2) is 41.0 Å². The maximum Gasteiger partial charge on any atom is 0.272 e. The highest BCUT2D eigenvalue weighted by Gasteiger charge is 2.29. The second-order valence-electron chi connectivity index (χ2n) is 6.47. The molecule has 0 atom stereocenters. The van der Waals surface area contributed by atoms with E-state index in [0.29, 0.717) is 35.3 Å². The molecule has 0 saturated carbocycles. The van der Waals surface area contributed by atoms with Gasteiger partial charge in [0.15, 0.2) is 0 Å². The first-order valence-electron chi connectivity index (χ1n) is 7.87. The number of halogens is 1. The number of pyridine rings is 1. The van der Waals surface area contributed by atoms with Gasteiger partial charge in [0.05, 0.1) is 6.20 Å². The molecule has 1 saturated heterocycles. The van der Waals surface area contributed by atoms with Gasteiger partial charge < -0.3 is 15.0 Å². The third-order valence-corrected chi connectivity index (χ3v) is 4.12. The lowest BCUT2D eigenvalue weighted by molar-refractivity contribution is 0.0646. The van der Waals surface area contributed by atoms with E-state index in [1.54, 1.807) is 42.6 Å². The summed E-state index contributed by atoms with van der Waals surface area (Å²) in [5.41, 5.74) is 0.349. The number of nitrogens with one attached hydrogen (secondary N) is 1. The average Bonchev–Trinajstić information content (AvgIpc) is 2.56. The Kier molecular flexibility index (Phi) is 4.73. The number of rotatable bonds is 3. The molecule has 3 rings (SSSR count). The van der Waals surface area contributed by atoms with Gasteiger partial charge in [0.25, 0.3) is 5.91 Å². The SMILES string of the molecule is CC1(C)CN(C(=O)c2ccc(Oc3ccc(Cl)cc3)cn2)CCN1. The van der Waals surface area contributed by atoms with Crippen LogP contribution in [0.15, 0.2) is 42.6 Å². The number of piperazine rings is 1. The van der Waals surface area contributed by atoms with Crippen LogP contribution >= 0.6 is 11.6 Å². The lowest BCUT2D eigenvalue weighted by atomic mass is 10.0. The van der Waals surface area contributed by atoms with E-state index in [2.05, 4.69) is 24.1 Å². The monoisotopic (exact) mass is 345 g/mol. The second-order valence-corrected chi connectivity index (χ2v) is 6.91. The first kappa shape index (κ1) is 16.7. The van der Waals surface area contributed by atoms with Crippen molar-refractivity contribution in [2.24, 2.45) is 0 Å². The molecule has 24 heavy (non-hydrogen) atoms. The lowest BCUT2D eigenvalue weighted by Crippen LogP contribution is -2.58. The highest BCUT2D eigenvalue weighted by molar-refractivity contribution is 6.30. The molecule has 126 valence electrons. The summed E-state index contributed by atoms with van der Waals surface area (Å²) in [6, 6.07) is 10.5. The van der Waals surface area contributed by atoms with Crippen molar-refractivity contribution >= 4 is 17.5 Å². The molecule has 1 amide bonds. The summed E-state index contributed by atoms with van der Waals surface area (Å²) in [4.78, 5) is 18.7. The minimum atomic E-state index is -0.0778. The molecule has 0 radical (unpaired) electrons. The van der Waals surface area contributed by atoms with Crippen LogP contribution in [0, 0.1) is 0 Å². The Morgan fingerprint density at radius 1 is 1.21 bits per heavy atom. The number of aromatic nitrogens is 1. The van der Waals surface area contributed by atoms with Gasteiger partial charge in [-0.05, 0) is 50.2 Å². The van der Waals surface area contributed by atoms with Gasteiger partial charge in [-0.1, -0.05) is 11.6 Å². The van der Waals surface area contributed by atoms with Gasteiger partial charge in [-0.15, -0.1) is 0 Å². The summed E-state index contributed by atoms with van der Waals surface area (Å²) in [6.07, 6.45) is 1.56. The van der Waals surface area contributed by atoms with Crippen molar-refractivity contribution in [3.05, 3.63) is 53.3 Å². The maximum absolute atomic E-state index is 12.6. The Hall–Kier alpha value is -2.11. The molecule has 0 aliphatic carbocycles. The van der Waals surface area contributed by atoms with Gasteiger partial charge in [-0.2, -0.15) is 0 Å². The molecule has 0 unspecified atom stereocenters. The quantitative estimate of drug-likeness (QED) is 0.926. The van der Waals surface area contributed by atoms with Crippen LogP contribution in [-0.2, 0) is 0 Å². The second kappa shape index (κ2) is 6.79. The van der Waals surface area contributed by atoms with Crippen LogP contribution in [0.25, 0.3) is 0 Å². The molecule has 1 aliphatic rings. The number of amides is 1. The predicted molar refractivity (Wildman–Crippen MR) is 93.7 cm³/mol. The van der Waals surface area contributed by atoms with Crippen molar-refractivity contribution in [3.8, 4) is 11.5 Å². The molecule has 0 spiro atoms. The Morgan fingerprint density at radius 3 is 2.54 bits per heavy atom. The summed E-state index contributed by atoms with van der Waals surface area (Å²) in [5, 5.41) is 4.04. The topological polar surface area (TPSA) is 54.5 Å². The van der Waals surface area contributed by atoms with E-state index in [4.69, 9.17) is 16.3 Å². The van der Waals surface area contributed by atoms with E-state index < -0.39 is 0 Å². The maximum atomic E-state index is 12.6. The van der Waals surface area contributed by atoms with Gasteiger partial charge in [0.2, 0.25) is 0 Å². The number of benzene rings is 1. The normalized spacial score (nSPS) is 16.7. The van der Waals surface area contributed by atoms with Crippen LogP contribution < -0.4 is 10.1 Å². The van der Waals surface area contributed by atoms with Crippen molar-refractivity contribution < 1.29 is 9.53 Å². The number of carbonyl (C=O) groups is 1. The number of ether oxygens (including phenoxy) is 1. The fraction of sp³-hybridized carbons (Fsp3) is 0.333. The van der Waals surface area contributed by atoms with Crippen molar-refractivity contribution in [1.29, 1.82) is 0 Å². The fourth-order valence-corrected chi connectivity index (χ4v) is 2.81. The number of hydrogen-bond acceptors (Lipinski definition) is 4. The molecule has 2 heterocycles. The average molecular weight is 346 g/mol. The Morgan fingerprint density at radius 2 is 1.92 bits per heavy atom. The summed E-state index contributed by atoms with van der Waals surface area (Å²) >= 11 is 5.85. The van der Waals surface area contributed by atoms with Crippen LogP contribution in [0.5, 0.6) is 11.5 Å². The summed E-state index contributed by atoms with van der Waals surface area (Å²) in [6.45, 7) is 6.31. The van der Waals surface area contributed by atoms with Gasteiger partial charge in [0, 0.05) is 30.2 Å². The minimum absolute atomic E-state index is 0.0531. The summed E-state index contributed by atoms with van der Waals surface area (Å²) < 4.78 is 5.69. The minimum Gasteiger partial charge on any atom is -0.456 e. The molecule has 0 bridgehead atoms. The van der Waals surface area contributed by atoms with Crippen molar-refractivity contribution in [2.45, 2.75) is 19.4 Å². The standard InChI is InChI=1S/C18H20ClN3O2/c1-18(2)12-22(10-9-21-18)17(23)16-8-7-15(11-20-16)24-14-5-3-13(19)4-6-14/h3-8,11,21H,9-10,12H2,1-2H3. The Labute approximate surface area is 146 Å². The van der Waals surface area contributed by atoms with E-state index in [1.165, 1.54) is 0 Å². The zero-order valence-corrected chi connectivity index (χ0v) is 14.5. The molecule has 1 aromatic heterocycles. The van der Waals surface area contributed by atoms with E-state index >= 15 is 0 Å². The number of nitrogens with zero attached hydrogens (tertiary/aromatic N) is 2. The molecule has 1 aromatic carbocycles. The van der Waals surface area contributed by atoms with Crippen LogP contribution in [0.2, 0.25) is 5.02 Å². The third-order valence-electron chi connectivity index (χ3n) is 3.86. The van der Waals surface area contributed by atoms with E-state index in [9.17, 15) is 4.79 Å². The van der Waals surface area contributed by atoms with Gasteiger partial charge >= 0.3 is 0 Å². The van der Waals surface area contributed by atoms with E-state index in [1.807, 2.05) is 4.90 Å². The van der Waals surface area contributed by atoms with E-state index in [-0.39, 0.29) is 11.4 Å².